The van der Waals surface area contributed by atoms with Gasteiger partial charge >= 0.3 is 0 Å². The Morgan fingerprint density at radius 1 is 0.966 bits per heavy atom. The van der Waals surface area contributed by atoms with Crippen molar-refractivity contribution in [1.82, 2.24) is 4.90 Å². The predicted octanol–water partition coefficient (Wildman–Crippen LogP) is 5.60. The highest BCUT2D eigenvalue weighted by atomic mass is 35.5. The van der Waals surface area contributed by atoms with Gasteiger partial charge in [-0.15, -0.1) is 12.4 Å². The maximum atomic E-state index is 12.8. The normalized spacial score (nSPS) is 21.7. The number of piperidine rings is 2. The van der Waals surface area contributed by atoms with Gasteiger partial charge in [0.05, 0.1) is 6.61 Å². The number of hydrogen-bond donors (Lipinski definition) is 0. The van der Waals surface area contributed by atoms with Gasteiger partial charge in [0, 0.05) is 23.1 Å². The summed E-state index contributed by atoms with van der Waals surface area (Å²) in [5.74, 6) is 1.65. The zero-order chi connectivity index (χ0) is 19.5. The van der Waals surface area contributed by atoms with Gasteiger partial charge in [0.2, 0.25) is 0 Å². The Hall–Kier alpha value is -1.84. The molecular weight excluding hydrogens is 382 g/mol. The monoisotopic (exact) mass is 413 g/mol. The van der Waals surface area contributed by atoms with Crippen LogP contribution in [0.5, 0.6) is 5.75 Å². The number of fused-ring (bicyclic) bond motifs is 1. The predicted molar refractivity (Wildman–Crippen MR) is 120 cm³/mol. The summed E-state index contributed by atoms with van der Waals surface area (Å²) >= 11 is 0. The lowest BCUT2D eigenvalue weighted by atomic mass is 9.84. The fourth-order valence-electron chi connectivity index (χ4n) is 5.03. The van der Waals surface area contributed by atoms with Gasteiger partial charge in [-0.05, 0) is 75.9 Å². The van der Waals surface area contributed by atoms with Crippen molar-refractivity contribution in [3.63, 3.8) is 0 Å². The lowest BCUT2D eigenvalue weighted by molar-refractivity contribution is 0.0363. The van der Waals surface area contributed by atoms with Crippen molar-refractivity contribution in [3.05, 3.63) is 64.7 Å². The molecule has 2 saturated heterocycles. The van der Waals surface area contributed by atoms with Crippen molar-refractivity contribution < 1.29 is 9.53 Å². The summed E-state index contributed by atoms with van der Waals surface area (Å²) in [4.78, 5) is 15.5. The molecule has 0 aliphatic carbocycles. The van der Waals surface area contributed by atoms with Crippen molar-refractivity contribution in [2.75, 3.05) is 19.7 Å². The molecule has 2 aromatic rings. The maximum Gasteiger partial charge on any atom is 0.193 e. The van der Waals surface area contributed by atoms with E-state index in [0.717, 1.165) is 34.6 Å². The van der Waals surface area contributed by atoms with Crippen molar-refractivity contribution in [3.8, 4) is 5.75 Å². The average molecular weight is 414 g/mol. The topological polar surface area (TPSA) is 29.5 Å². The highest BCUT2D eigenvalue weighted by Crippen LogP contribution is 2.33. The number of aryl methyl sites for hydroxylation is 2. The molecule has 2 heterocycles. The number of rotatable bonds is 5. The van der Waals surface area contributed by atoms with Gasteiger partial charge in [0.25, 0.3) is 0 Å². The van der Waals surface area contributed by atoms with E-state index in [-0.39, 0.29) is 18.2 Å². The number of ketones is 1. The molecule has 0 unspecified atom stereocenters. The number of nitrogens with zero attached hydrogens (tertiary/aromatic N) is 1. The molecule has 2 aliphatic heterocycles. The van der Waals surface area contributed by atoms with E-state index in [1.165, 1.54) is 45.2 Å². The smallest absolute Gasteiger partial charge is 0.193 e. The first kappa shape index (κ1) is 21.9. The molecule has 0 radical (unpaired) electrons. The van der Waals surface area contributed by atoms with E-state index in [4.69, 9.17) is 4.74 Å². The number of halogens is 1. The molecule has 2 atom stereocenters. The quantitative estimate of drug-likeness (QED) is 0.597. The zero-order valence-electron chi connectivity index (χ0n) is 17.5. The van der Waals surface area contributed by atoms with Crippen LogP contribution in [0.4, 0.5) is 0 Å². The Morgan fingerprint density at radius 3 is 2.38 bits per heavy atom. The average Bonchev–Trinajstić information content (AvgIpc) is 2.73. The highest BCUT2D eigenvalue weighted by Gasteiger charge is 2.33. The summed E-state index contributed by atoms with van der Waals surface area (Å²) in [6, 6.07) is 14.1. The van der Waals surface area contributed by atoms with Crippen LogP contribution in [0, 0.1) is 19.8 Å². The van der Waals surface area contributed by atoms with Gasteiger partial charge in [-0.2, -0.15) is 0 Å². The summed E-state index contributed by atoms with van der Waals surface area (Å²) in [6.07, 6.45) is 6.57. The number of ether oxygens (including phenoxy) is 1. The lowest BCUT2D eigenvalue weighted by Gasteiger charge is -2.44. The fourth-order valence-corrected chi connectivity index (χ4v) is 5.03. The number of carbonyl (C=O) groups is 1. The van der Waals surface area contributed by atoms with E-state index in [2.05, 4.69) is 18.7 Å². The van der Waals surface area contributed by atoms with E-state index >= 15 is 0 Å². The van der Waals surface area contributed by atoms with E-state index in [9.17, 15) is 4.79 Å². The summed E-state index contributed by atoms with van der Waals surface area (Å²) < 4.78 is 6.36. The van der Waals surface area contributed by atoms with E-state index in [1.54, 1.807) is 0 Å². The van der Waals surface area contributed by atoms with Crippen LogP contribution in [-0.2, 0) is 0 Å². The van der Waals surface area contributed by atoms with Gasteiger partial charge in [-0.25, -0.2) is 0 Å². The van der Waals surface area contributed by atoms with Crippen molar-refractivity contribution >= 4 is 18.2 Å². The third-order valence-electron chi connectivity index (χ3n) is 6.43. The van der Waals surface area contributed by atoms with Gasteiger partial charge < -0.3 is 4.74 Å². The Morgan fingerprint density at radius 2 is 1.66 bits per heavy atom. The maximum absolute atomic E-state index is 12.8. The minimum atomic E-state index is 0. The molecule has 0 amide bonds. The summed E-state index contributed by atoms with van der Waals surface area (Å²) in [7, 11) is 0. The summed E-state index contributed by atoms with van der Waals surface area (Å²) in [6.45, 7) is 7.41. The summed E-state index contributed by atoms with van der Waals surface area (Å²) in [5.41, 5.74) is 3.57. The first-order valence-corrected chi connectivity index (χ1v) is 10.7. The minimum Gasteiger partial charge on any atom is -0.493 e. The van der Waals surface area contributed by atoms with Gasteiger partial charge in [-0.3, -0.25) is 9.69 Å². The standard InChI is InChI=1S/C25H31NO2.ClH/c1-18-15-22(24(27)20-9-4-3-5-10-20)16-19(2)25(18)28-17-21-11-8-14-26-13-7-6-12-23(21)26;/h3-5,9-10,15-16,21,23H,6-8,11-14,17H2,1-2H3;1H/t21-,23-;/m1./s1. The van der Waals surface area contributed by atoms with Crippen molar-refractivity contribution in [2.24, 2.45) is 5.92 Å². The Labute approximate surface area is 180 Å². The first-order chi connectivity index (χ1) is 13.6. The van der Waals surface area contributed by atoms with Crippen LogP contribution in [0.25, 0.3) is 0 Å². The molecule has 0 spiro atoms. The third kappa shape index (κ3) is 4.84. The molecule has 0 bridgehead atoms. The van der Waals surface area contributed by atoms with Crippen LogP contribution >= 0.6 is 12.4 Å². The van der Waals surface area contributed by atoms with Crippen LogP contribution in [0.2, 0.25) is 0 Å². The molecule has 4 heteroatoms. The molecule has 0 aromatic heterocycles. The van der Waals surface area contributed by atoms with Gasteiger partial charge in [0.1, 0.15) is 5.75 Å². The molecular formula is C25H32ClNO2. The van der Waals surface area contributed by atoms with Crippen LogP contribution < -0.4 is 4.74 Å². The Bertz CT molecular complexity index is 811. The number of carbonyl (C=O) groups excluding carboxylic acids is 1. The molecule has 4 rings (SSSR count). The highest BCUT2D eigenvalue weighted by molar-refractivity contribution is 6.09. The van der Waals surface area contributed by atoms with Crippen LogP contribution in [0.1, 0.15) is 59.2 Å². The van der Waals surface area contributed by atoms with E-state index < -0.39 is 0 Å². The van der Waals surface area contributed by atoms with Crippen LogP contribution in [0.3, 0.4) is 0 Å². The second-order valence-electron chi connectivity index (χ2n) is 8.45. The molecule has 3 nitrogen and oxygen atoms in total. The fraction of sp³-hybridized carbons (Fsp3) is 0.480. The largest absolute Gasteiger partial charge is 0.493 e. The molecule has 2 aliphatic rings. The van der Waals surface area contributed by atoms with Crippen LogP contribution in [-0.4, -0.2) is 36.4 Å². The molecule has 0 N–H and O–H groups in total. The molecule has 29 heavy (non-hydrogen) atoms. The molecule has 0 saturated carbocycles. The molecule has 2 aromatic carbocycles. The van der Waals surface area contributed by atoms with Crippen molar-refractivity contribution in [2.45, 2.75) is 52.0 Å². The number of benzene rings is 2. The van der Waals surface area contributed by atoms with Gasteiger partial charge in [0.15, 0.2) is 5.78 Å². The molecule has 156 valence electrons. The van der Waals surface area contributed by atoms with Crippen molar-refractivity contribution in [1.29, 1.82) is 0 Å². The molecule has 2 fully saturated rings. The second-order valence-corrected chi connectivity index (χ2v) is 8.45. The van der Waals surface area contributed by atoms with Crippen LogP contribution in [0.15, 0.2) is 42.5 Å². The second kappa shape index (κ2) is 9.77. The minimum absolute atomic E-state index is 0. The number of hydrogen-bond acceptors (Lipinski definition) is 3. The first-order valence-electron chi connectivity index (χ1n) is 10.7. The Kier molecular flexibility index (Phi) is 7.37. The third-order valence-corrected chi connectivity index (χ3v) is 6.43. The summed E-state index contributed by atoms with van der Waals surface area (Å²) in [5, 5.41) is 0. The van der Waals surface area contributed by atoms with E-state index in [0.29, 0.717) is 12.0 Å². The Balaban J connectivity index is 0.00000240. The lowest BCUT2D eigenvalue weighted by Crippen LogP contribution is -2.49. The van der Waals surface area contributed by atoms with Gasteiger partial charge in [-0.1, -0.05) is 36.8 Å². The zero-order valence-corrected chi connectivity index (χ0v) is 18.3. The van der Waals surface area contributed by atoms with E-state index in [1.807, 2.05) is 42.5 Å². The SMILES string of the molecule is Cc1cc(C(=O)c2ccccc2)cc(C)c1OC[C@H]1CCCN2CCCC[C@H]12.Cl.